The predicted octanol–water partition coefficient (Wildman–Crippen LogP) is 0.840. The number of rotatable bonds is 3. The van der Waals surface area contributed by atoms with Gasteiger partial charge in [-0.2, -0.15) is 10.2 Å². The first-order chi connectivity index (χ1) is 7.77. The summed E-state index contributed by atoms with van der Waals surface area (Å²) in [6, 6.07) is 3.32. The standard InChI is InChI=1S/C10H10N4O2/c15-9(13-7-1-5-11-13)3-4-10(16)14-8-2-6-12-14/h1-2,5-8H,3-4H2. The molecule has 6 heteroatoms. The summed E-state index contributed by atoms with van der Waals surface area (Å²) in [5, 5.41) is 7.58. The second-order valence-corrected chi connectivity index (χ2v) is 3.19. The Hall–Kier alpha value is -2.24. The lowest BCUT2D eigenvalue weighted by atomic mass is 10.3. The highest BCUT2D eigenvalue weighted by Gasteiger charge is 2.10. The van der Waals surface area contributed by atoms with Crippen LogP contribution in [0.5, 0.6) is 0 Å². The fraction of sp³-hybridized carbons (Fsp3) is 0.200. The Labute approximate surface area is 91.5 Å². The third kappa shape index (κ3) is 2.22. The van der Waals surface area contributed by atoms with Crippen LogP contribution in [0.2, 0.25) is 0 Å². The molecule has 0 aliphatic carbocycles. The molecule has 0 unspecified atom stereocenters. The SMILES string of the molecule is O=C(CCC(=O)n1cccn1)n1cccn1. The molecule has 0 spiro atoms. The molecule has 2 aromatic rings. The molecule has 2 heterocycles. The van der Waals surface area contributed by atoms with Gasteiger partial charge < -0.3 is 0 Å². The van der Waals surface area contributed by atoms with Crippen LogP contribution in [0.1, 0.15) is 22.4 Å². The summed E-state index contributed by atoms with van der Waals surface area (Å²) in [6.07, 6.45) is 6.41. The fourth-order valence-corrected chi connectivity index (χ4v) is 1.28. The highest BCUT2D eigenvalue weighted by molar-refractivity contribution is 5.85. The molecule has 2 aromatic heterocycles. The second-order valence-electron chi connectivity index (χ2n) is 3.19. The topological polar surface area (TPSA) is 69.8 Å². The number of carbonyl (C=O) groups is 2. The summed E-state index contributed by atoms with van der Waals surface area (Å²) in [6.45, 7) is 0. The number of carbonyl (C=O) groups excluding carboxylic acids is 2. The van der Waals surface area contributed by atoms with Gasteiger partial charge in [0.2, 0.25) is 11.8 Å². The van der Waals surface area contributed by atoms with Gasteiger partial charge in [-0.05, 0) is 12.1 Å². The molecule has 0 saturated heterocycles. The van der Waals surface area contributed by atoms with Crippen molar-refractivity contribution in [2.75, 3.05) is 0 Å². The Morgan fingerprint density at radius 1 is 0.875 bits per heavy atom. The molecule has 0 aromatic carbocycles. The zero-order valence-corrected chi connectivity index (χ0v) is 8.48. The van der Waals surface area contributed by atoms with E-state index < -0.39 is 0 Å². The number of aromatic nitrogens is 4. The summed E-state index contributed by atoms with van der Waals surface area (Å²) in [5.74, 6) is -0.406. The zero-order valence-electron chi connectivity index (χ0n) is 8.48. The number of nitrogens with zero attached hydrogens (tertiary/aromatic N) is 4. The smallest absolute Gasteiger partial charge is 0.247 e. The largest absolute Gasteiger partial charge is 0.273 e. The van der Waals surface area contributed by atoms with Gasteiger partial charge in [-0.3, -0.25) is 9.59 Å². The van der Waals surface area contributed by atoms with Crippen molar-refractivity contribution in [3.05, 3.63) is 36.9 Å². The van der Waals surface area contributed by atoms with Crippen LogP contribution in [0.25, 0.3) is 0 Å². The van der Waals surface area contributed by atoms with Gasteiger partial charge in [0.15, 0.2) is 0 Å². The molecule has 0 aliphatic rings. The van der Waals surface area contributed by atoms with E-state index in [9.17, 15) is 9.59 Å². The van der Waals surface area contributed by atoms with E-state index in [2.05, 4.69) is 10.2 Å². The predicted molar refractivity (Wildman–Crippen MR) is 54.9 cm³/mol. The lowest BCUT2D eigenvalue weighted by molar-refractivity contribution is 0.0814. The summed E-state index contributed by atoms with van der Waals surface area (Å²) in [5.41, 5.74) is 0. The van der Waals surface area contributed by atoms with E-state index in [1.54, 1.807) is 24.5 Å². The van der Waals surface area contributed by atoms with Crippen LogP contribution in [0, 0.1) is 0 Å². The van der Waals surface area contributed by atoms with Crippen molar-refractivity contribution in [2.24, 2.45) is 0 Å². The molecule has 0 amide bonds. The average Bonchev–Trinajstić information content (AvgIpc) is 2.95. The fourth-order valence-electron chi connectivity index (χ4n) is 1.28. The van der Waals surface area contributed by atoms with E-state index >= 15 is 0 Å². The lowest BCUT2D eigenvalue weighted by Gasteiger charge is -2.00. The van der Waals surface area contributed by atoms with Crippen LogP contribution < -0.4 is 0 Å². The molecule has 2 rings (SSSR count). The van der Waals surface area contributed by atoms with E-state index in [-0.39, 0.29) is 24.7 Å². The second kappa shape index (κ2) is 4.52. The van der Waals surface area contributed by atoms with Crippen LogP contribution in [-0.4, -0.2) is 31.4 Å². The highest BCUT2D eigenvalue weighted by atomic mass is 16.2. The minimum absolute atomic E-state index is 0.125. The average molecular weight is 218 g/mol. The molecule has 0 N–H and O–H groups in total. The molecule has 0 radical (unpaired) electrons. The Kier molecular flexibility index (Phi) is 2.90. The van der Waals surface area contributed by atoms with Crippen molar-refractivity contribution < 1.29 is 9.59 Å². The molecule has 0 saturated carbocycles. The van der Waals surface area contributed by atoms with Gasteiger partial charge in [0.05, 0.1) is 0 Å². The third-order valence-electron chi connectivity index (χ3n) is 2.07. The summed E-state index contributed by atoms with van der Waals surface area (Å²) in [4.78, 5) is 23.0. The summed E-state index contributed by atoms with van der Waals surface area (Å²) < 4.78 is 2.44. The van der Waals surface area contributed by atoms with Gasteiger partial charge in [-0.25, -0.2) is 9.36 Å². The van der Waals surface area contributed by atoms with Gasteiger partial charge >= 0.3 is 0 Å². The first-order valence-corrected chi connectivity index (χ1v) is 4.83. The zero-order chi connectivity index (χ0) is 11.4. The Morgan fingerprint density at radius 2 is 1.31 bits per heavy atom. The van der Waals surface area contributed by atoms with Gasteiger partial charge in [0.25, 0.3) is 0 Å². The maximum atomic E-state index is 11.5. The van der Waals surface area contributed by atoms with Crippen molar-refractivity contribution in [3.8, 4) is 0 Å². The first kappa shape index (κ1) is 10.3. The lowest BCUT2D eigenvalue weighted by Crippen LogP contribution is -2.16. The van der Waals surface area contributed by atoms with E-state index in [4.69, 9.17) is 0 Å². The molecule has 16 heavy (non-hydrogen) atoms. The minimum atomic E-state index is -0.203. The van der Waals surface area contributed by atoms with Crippen molar-refractivity contribution in [1.29, 1.82) is 0 Å². The van der Waals surface area contributed by atoms with Crippen molar-refractivity contribution >= 4 is 11.8 Å². The van der Waals surface area contributed by atoms with Gasteiger partial charge in [-0.15, -0.1) is 0 Å². The van der Waals surface area contributed by atoms with Crippen LogP contribution in [0.4, 0.5) is 0 Å². The van der Waals surface area contributed by atoms with E-state index in [1.807, 2.05) is 0 Å². The highest BCUT2D eigenvalue weighted by Crippen LogP contribution is 1.98. The van der Waals surface area contributed by atoms with Crippen LogP contribution >= 0.6 is 0 Å². The molecular weight excluding hydrogens is 208 g/mol. The number of hydrogen-bond donors (Lipinski definition) is 0. The van der Waals surface area contributed by atoms with Crippen molar-refractivity contribution in [1.82, 2.24) is 19.6 Å². The first-order valence-electron chi connectivity index (χ1n) is 4.83. The Balaban J connectivity index is 1.89. The maximum absolute atomic E-state index is 11.5. The van der Waals surface area contributed by atoms with Crippen LogP contribution in [-0.2, 0) is 0 Å². The van der Waals surface area contributed by atoms with Crippen LogP contribution in [0.15, 0.2) is 36.9 Å². The number of hydrogen-bond acceptors (Lipinski definition) is 4. The van der Waals surface area contributed by atoms with Crippen molar-refractivity contribution in [2.45, 2.75) is 12.8 Å². The molecular formula is C10H10N4O2. The molecule has 0 bridgehead atoms. The van der Waals surface area contributed by atoms with Gasteiger partial charge in [-0.1, -0.05) is 0 Å². The molecule has 82 valence electrons. The van der Waals surface area contributed by atoms with Gasteiger partial charge in [0, 0.05) is 37.6 Å². The Bertz CT molecular complexity index is 427. The van der Waals surface area contributed by atoms with Crippen LogP contribution in [0.3, 0.4) is 0 Å². The van der Waals surface area contributed by atoms with Gasteiger partial charge in [0.1, 0.15) is 0 Å². The maximum Gasteiger partial charge on any atom is 0.247 e. The molecule has 6 nitrogen and oxygen atoms in total. The summed E-state index contributed by atoms with van der Waals surface area (Å²) >= 11 is 0. The summed E-state index contributed by atoms with van der Waals surface area (Å²) in [7, 11) is 0. The van der Waals surface area contributed by atoms with Crippen molar-refractivity contribution in [3.63, 3.8) is 0 Å². The van der Waals surface area contributed by atoms with E-state index in [0.717, 1.165) is 0 Å². The molecule has 0 aliphatic heterocycles. The monoisotopic (exact) mass is 218 g/mol. The third-order valence-corrected chi connectivity index (χ3v) is 2.07. The molecule has 0 fully saturated rings. The van der Waals surface area contributed by atoms with E-state index in [1.165, 1.54) is 21.8 Å². The Morgan fingerprint density at radius 3 is 1.62 bits per heavy atom. The normalized spacial score (nSPS) is 10.2. The quantitative estimate of drug-likeness (QED) is 0.765. The molecule has 0 atom stereocenters. The van der Waals surface area contributed by atoms with E-state index in [0.29, 0.717) is 0 Å². The minimum Gasteiger partial charge on any atom is -0.273 e.